The van der Waals surface area contributed by atoms with E-state index in [-0.39, 0.29) is 11.3 Å². The standard InChI is InChI=1S/C20H21N7O4.C2HF3O2/c28-17-8-15(22-12-23-17)18(29)24-20(5-2-1-3-6-20)9-13-11-27(26-25-13)16-10-21-7-4-14(16)19(30)31;3-2(4,5)1(6)7/h4,7-8,10-12H,1-3,5-6,9H2,(H,24,29)(H,30,31)(H,22,23,28);(H,6,7). The number of hydrogen-bond donors (Lipinski definition) is 4. The van der Waals surface area contributed by atoms with Crippen molar-refractivity contribution in [1.82, 2.24) is 35.3 Å². The number of H-pyrrole nitrogens is 1. The number of halogens is 3. The van der Waals surface area contributed by atoms with E-state index in [1.54, 1.807) is 6.20 Å². The fraction of sp³-hybridized carbons (Fsp3) is 0.364. The molecule has 4 rings (SSSR count). The Bertz CT molecular complexity index is 1370. The number of aliphatic carboxylic acids is 1. The van der Waals surface area contributed by atoms with Crippen LogP contribution in [-0.2, 0) is 11.2 Å². The average molecular weight is 537 g/mol. The lowest BCUT2D eigenvalue weighted by atomic mass is 9.78. The third-order valence-electron chi connectivity index (χ3n) is 5.68. The van der Waals surface area contributed by atoms with Gasteiger partial charge in [-0.25, -0.2) is 19.3 Å². The number of rotatable bonds is 6. The summed E-state index contributed by atoms with van der Waals surface area (Å²) in [6, 6.07) is 2.56. The van der Waals surface area contributed by atoms with Crippen molar-refractivity contribution in [3.8, 4) is 5.69 Å². The van der Waals surface area contributed by atoms with Crippen molar-refractivity contribution in [3.05, 3.63) is 64.4 Å². The van der Waals surface area contributed by atoms with Crippen LogP contribution in [0, 0.1) is 0 Å². The molecular weight excluding hydrogens is 515 g/mol. The minimum absolute atomic E-state index is 0.0545. The Morgan fingerprint density at radius 2 is 1.84 bits per heavy atom. The maximum Gasteiger partial charge on any atom is 0.490 e. The fourth-order valence-corrected chi connectivity index (χ4v) is 3.97. The number of pyridine rings is 1. The van der Waals surface area contributed by atoms with Crippen molar-refractivity contribution in [2.45, 2.75) is 50.2 Å². The third kappa shape index (κ3) is 7.21. The van der Waals surface area contributed by atoms with Gasteiger partial charge in [-0.1, -0.05) is 24.5 Å². The highest BCUT2D eigenvalue weighted by Crippen LogP contribution is 2.31. The van der Waals surface area contributed by atoms with Gasteiger partial charge in [-0.05, 0) is 18.9 Å². The molecule has 1 saturated carbocycles. The van der Waals surface area contributed by atoms with Gasteiger partial charge in [0.1, 0.15) is 5.69 Å². The van der Waals surface area contributed by atoms with Gasteiger partial charge in [-0.15, -0.1) is 5.10 Å². The van der Waals surface area contributed by atoms with E-state index in [9.17, 15) is 32.7 Å². The lowest BCUT2D eigenvalue weighted by Gasteiger charge is -2.37. The number of amides is 1. The lowest BCUT2D eigenvalue weighted by molar-refractivity contribution is -0.192. The number of aromatic carboxylic acids is 1. The van der Waals surface area contributed by atoms with Gasteiger partial charge in [-0.3, -0.25) is 14.6 Å². The van der Waals surface area contributed by atoms with Gasteiger partial charge >= 0.3 is 18.1 Å². The minimum Gasteiger partial charge on any atom is -0.478 e. The molecule has 1 amide bonds. The van der Waals surface area contributed by atoms with Crippen molar-refractivity contribution in [1.29, 1.82) is 0 Å². The number of nitrogens with zero attached hydrogens (tertiary/aromatic N) is 5. The van der Waals surface area contributed by atoms with Gasteiger partial charge in [0.15, 0.2) is 0 Å². The van der Waals surface area contributed by atoms with E-state index in [0.29, 0.717) is 17.8 Å². The summed E-state index contributed by atoms with van der Waals surface area (Å²) in [5.74, 6) is -4.26. The maximum absolute atomic E-state index is 12.8. The molecule has 1 aliphatic carbocycles. The first-order chi connectivity index (χ1) is 17.9. The summed E-state index contributed by atoms with van der Waals surface area (Å²) >= 11 is 0. The largest absolute Gasteiger partial charge is 0.490 e. The molecule has 0 saturated heterocycles. The Morgan fingerprint density at radius 3 is 2.45 bits per heavy atom. The molecule has 0 radical (unpaired) electrons. The van der Waals surface area contributed by atoms with Gasteiger partial charge in [0, 0.05) is 24.2 Å². The van der Waals surface area contributed by atoms with Crippen LogP contribution >= 0.6 is 0 Å². The summed E-state index contributed by atoms with van der Waals surface area (Å²) in [6.07, 6.45) is 5.48. The SMILES string of the molecule is O=C(NC1(Cc2cn(-c3cnccc3C(=O)O)nn2)CCCCC1)c1cc(=O)[nH]cn1.O=C(O)C(F)(F)F. The lowest BCUT2D eigenvalue weighted by Crippen LogP contribution is -2.51. The van der Waals surface area contributed by atoms with Gasteiger partial charge in [0.05, 0.1) is 35.7 Å². The Labute approximate surface area is 211 Å². The smallest absolute Gasteiger partial charge is 0.478 e. The predicted octanol–water partition coefficient (Wildman–Crippen LogP) is 1.75. The summed E-state index contributed by atoms with van der Waals surface area (Å²) in [5, 5.41) is 27.9. The molecule has 0 atom stereocenters. The van der Waals surface area contributed by atoms with E-state index in [2.05, 4.69) is 30.6 Å². The van der Waals surface area contributed by atoms with Crippen molar-refractivity contribution in [2.75, 3.05) is 0 Å². The Balaban J connectivity index is 0.000000505. The van der Waals surface area contributed by atoms with E-state index in [4.69, 9.17) is 9.90 Å². The zero-order chi connectivity index (χ0) is 27.9. The van der Waals surface area contributed by atoms with E-state index in [0.717, 1.165) is 38.2 Å². The summed E-state index contributed by atoms with van der Waals surface area (Å²) < 4.78 is 33.1. The molecular formula is C22H22F3N7O6. The molecule has 4 N–H and O–H groups in total. The predicted molar refractivity (Wildman–Crippen MR) is 122 cm³/mol. The van der Waals surface area contributed by atoms with Crippen LogP contribution in [0.1, 0.15) is 58.6 Å². The molecule has 0 spiro atoms. The third-order valence-corrected chi connectivity index (χ3v) is 5.68. The summed E-state index contributed by atoms with van der Waals surface area (Å²) in [7, 11) is 0. The van der Waals surface area contributed by atoms with Gasteiger partial charge in [-0.2, -0.15) is 13.2 Å². The minimum atomic E-state index is -5.08. The number of carboxylic acid groups (broad SMARTS) is 2. The second-order valence-electron chi connectivity index (χ2n) is 8.42. The quantitative estimate of drug-likeness (QED) is 0.360. The molecule has 3 aromatic heterocycles. The van der Waals surface area contributed by atoms with Crippen LogP contribution in [-0.4, -0.2) is 69.7 Å². The molecule has 13 nitrogen and oxygen atoms in total. The van der Waals surface area contributed by atoms with Crippen molar-refractivity contribution < 1.29 is 37.8 Å². The molecule has 1 aliphatic rings. The first-order valence-electron chi connectivity index (χ1n) is 11.2. The highest BCUT2D eigenvalue weighted by molar-refractivity contribution is 5.92. The number of nitrogens with one attached hydrogen (secondary N) is 2. The first kappa shape index (κ1) is 27.9. The molecule has 0 aliphatic heterocycles. The van der Waals surface area contributed by atoms with Crippen LogP contribution in [0.25, 0.3) is 5.69 Å². The Hall–Kier alpha value is -4.63. The number of carbonyl (C=O) groups is 3. The maximum atomic E-state index is 12.8. The Morgan fingerprint density at radius 1 is 1.16 bits per heavy atom. The van der Waals surface area contributed by atoms with Crippen LogP contribution in [0.3, 0.4) is 0 Å². The number of carbonyl (C=O) groups excluding carboxylic acids is 1. The second-order valence-corrected chi connectivity index (χ2v) is 8.42. The molecule has 0 bridgehead atoms. The fourth-order valence-electron chi connectivity index (χ4n) is 3.97. The summed E-state index contributed by atoms with van der Waals surface area (Å²) in [6.45, 7) is 0. The van der Waals surface area contributed by atoms with Crippen LogP contribution in [0.4, 0.5) is 13.2 Å². The van der Waals surface area contributed by atoms with Gasteiger partial charge < -0.3 is 20.5 Å². The summed E-state index contributed by atoms with van der Waals surface area (Å²) in [4.78, 5) is 55.0. The number of alkyl halides is 3. The van der Waals surface area contributed by atoms with Crippen molar-refractivity contribution in [3.63, 3.8) is 0 Å². The number of carboxylic acids is 2. The zero-order valence-corrected chi connectivity index (χ0v) is 19.6. The topological polar surface area (TPSA) is 193 Å². The van der Waals surface area contributed by atoms with E-state index in [1.165, 1.54) is 29.5 Å². The molecule has 0 aromatic carbocycles. The van der Waals surface area contributed by atoms with E-state index >= 15 is 0 Å². The van der Waals surface area contributed by atoms with Crippen LogP contribution in [0.2, 0.25) is 0 Å². The molecule has 38 heavy (non-hydrogen) atoms. The molecule has 3 heterocycles. The van der Waals surface area contributed by atoms with Crippen molar-refractivity contribution in [2.24, 2.45) is 0 Å². The highest BCUT2D eigenvalue weighted by atomic mass is 19.4. The number of aromatic amines is 1. The number of hydrogen-bond acceptors (Lipinski definition) is 8. The van der Waals surface area contributed by atoms with Gasteiger partial charge in [0.25, 0.3) is 11.5 Å². The van der Waals surface area contributed by atoms with Crippen LogP contribution < -0.4 is 10.9 Å². The molecule has 202 valence electrons. The highest BCUT2D eigenvalue weighted by Gasteiger charge is 2.38. The average Bonchev–Trinajstić information content (AvgIpc) is 3.32. The molecule has 3 aromatic rings. The molecule has 16 heteroatoms. The molecule has 0 unspecified atom stereocenters. The first-order valence-corrected chi connectivity index (χ1v) is 11.2. The summed E-state index contributed by atoms with van der Waals surface area (Å²) in [5.41, 5.74) is 0.0904. The van der Waals surface area contributed by atoms with Crippen LogP contribution in [0.15, 0.2) is 41.8 Å². The van der Waals surface area contributed by atoms with E-state index < -0.39 is 35.1 Å². The molecule has 1 fully saturated rings. The van der Waals surface area contributed by atoms with E-state index in [1.807, 2.05) is 0 Å². The van der Waals surface area contributed by atoms with Gasteiger partial charge in [0.2, 0.25) is 0 Å². The Kier molecular flexibility index (Phi) is 8.54. The normalized spacial score (nSPS) is 14.6. The second kappa shape index (κ2) is 11.6. The van der Waals surface area contributed by atoms with Crippen molar-refractivity contribution >= 4 is 17.8 Å². The monoisotopic (exact) mass is 537 g/mol. The zero-order valence-electron chi connectivity index (χ0n) is 19.6. The number of aromatic nitrogens is 6. The van der Waals surface area contributed by atoms with Crippen LogP contribution in [0.5, 0.6) is 0 Å².